The predicted molar refractivity (Wildman–Crippen MR) is 133 cm³/mol. The van der Waals surface area contributed by atoms with Gasteiger partial charge in [0.1, 0.15) is 18.1 Å². The molecule has 7 nitrogen and oxygen atoms in total. The Labute approximate surface area is 208 Å². The van der Waals surface area contributed by atoms with Gasteiger partial charge in [-0.3, -0.25) is 0 Å². The van der Waals surface area contributed by atoms with Gasteiger partial charge in [0.25, 0.3) is 0 Å². The van der Waals surface area contributed by atoms with Crippen LogP contribution < -0.4 is 20.1 Å². The number of ether oxygens (including phenoxy) is 3. The second-order valence-corrected chi connectivity index (χ2v) is 8.13. The van der Waals surface area contributed by atoms with Crippen molar-refractivity contribution in [2.75, 3.05) is 13.7 Å². The molecule has 0 aliphatic carbocycles. The quantitative estimate of drug-likeness (QED) is 0.419. The van der Waals surface area contributed by atoms with Gasteiger partial charge in [0.15, 0.2) is 0 Å². The number of amides is 2. The minimum absolute atomic E-state index is 0.202. The fourth-order valence-corrected chi connectivity index (χ4v) is 3.95. The summed E-state index contributed by atoms with van der Waals surface area (Å²) < 4.78 is 16.4. The summed E-state index contributed by atoms with van der Waals surface area (Å²) in [5.41, 5.74) is 2.94. The van der Waals surface area contributed by atoms with Crippen LogP contribution in [-0.2, 0) is 16.1 Å². The van der Waals surface area contributed by atoms with E-state index in [1.54, 1.807) is 50.4 Å². The van der Waals surface area contributed by atoms with Crippen LogP contribution in [0.5, 0.6) is 11.5 Å². The van der Waals surface area contributed by atoms with Gasteiger partial charge in [0, 0.05) is 10.6 Å². The summed E-state index contributed by atoms with van der Waals surface area (Å²) in [7, 11) is 1.57. The first-order valence-electron chi connectivity index (χ1n) is 11.1. The van der Waals surface area contributed by atoms with Gasteiger partial charge in [-0.05, 0) is 60.5 Å². The Morgan fingerprint density at radius 3 is 2.31 bits per heavy atom. The minimum atomic E-state index is -0.711. The Balaban J connectivity index is 1.64. The molecule has 0 radical (unpaired) electrons. The van der Waals surface area contributed by atoms with Crippen molar-refractivity contribution in [3.63, 3.8) is 0 Å². The number of nitrogens with one attached hydrogen (secondary N) is 2. The first-order chi connectivity index (χ1) is 17.0. The zero-order chi connectivity index (χ0) is 24.8. The molecule has 2 amide bonds. The zero-order valence-electron chi connectivity index (χ0n) is 19.3. The number of carbonyl (C=O) groups excluding carboxylic acids is 2. The van der Waals surface area contributed by atoms with Crippen LogP contribution in [0.1, 0.15) is 29.7 Å². The molecule has 0 saturated heterocycles. The van der Waals surface area contributed by atoms with Gasteiger partial charge in [-0.25, -0.2) is 9.59 Å². The summed E-state index contributed by atoms with van der Waals surface area (Å²) in [6.07, 6.45) is 0. The highest BCUT2D eigenvalue weighted by Crippen LogP contribution is 2.33. The molecule has 0 aromatic heterocycles. The number of esters is 1. The van der Waals surface area contributed by atoms with E-state index in [0.717, 1.165) is 5.56 Å². The van der Waals surface area contributed by atoms with Gasteiger partial charge in [-0.1, -0.05) is 41.9 Å². The van der Waals surface area contributed by atoms with E-state index < -0.39 is 18.0 Å². The molecule has 3 aromatic rings. The normalized spacial score (nSPS) is 15.2. The van der Waals surface area contributed by atoms with Crippen molar-refractivity contribution in [2.45, 2.75) is 19.6 Å². The molecule has 1 aliphatic heterocycles. The Kier molecular flexibility index (Phi) is 7.57. The van der Waals surface area contributed by atoms with Crippen molar-refractivity contribution in [3.05, 3.63) is 100 Å². The van der Waals surface area contributed by atoms with E-state index in [-0.39, 0.29) is 6.61 Å². The Hall–Kier alpha value is -3.97. The second kappa shape index (κ2) is 11.0. The monoisotopic (exact) mass is 492 g/mol. The molecule has 1 unspecified atom stereocenters. The Morgan fingerprint density at radius 2 is 1.66 bits per heavy atom. The highest BCUT2D eigenvalue weighted by molar-refractivity contribution is 6.31. The maximum absolute atomic E-state index is 13.0. The molecular weight excluding hydrogens is 468 g/mol. The molecule has 1 aliphatic rings. The number of carbonyl (C=O) groups is 2. The van der Waals surface area contributed by atoms with Crippen LogP contribution in [0.3, 0.4) is 0 Å². The molecular formula is C27H25ClN2O5. The highest BCUT2D eigenvalue weighted by Gasteiger charge is 2.34. The Bertz CT molecular complexity index is 1240. The smallest absolute Gasteiger partial charge is 0.338 e. The average Bonchev–Trinajstić information content (AvgIpc) is 2.88. The van der Waals surface area contributed by atoms with Gasteiger partial charge in [-0.2, -0.15) is 0 Å². The number of methoxy groups -OCH3 is 1. The standard InChI is InChI=1S/C27H25ClN2O5/c1-3-34-26(31)23-24(17-8-12-20(33-2)13-9-17)29-27(32)30-25(23)18-10-14-21(15-11-18)35-16-19-6-4-5-7-22(19)28/h4-15,25H,3,16H2,1-2H3,(H2,29,30,32). The third-order valence-corrected chi connectivity index (χ3v) is 5.88. The number of rotatable bonds is 8. The summed E-state index contributed by atoms with van der Waals surface area (Å²) in [5.74, 6) is 0.775. The van der Waals surface area contributed by atoms with Crippen molar-refractivity contribution in [1.29, 1.82) is 0 Å². The van der Waals surface area contributed by atoms with E-state index in [1.807, 2.05) is 36.4 Å². The van der Waals surface area contributed by atoms with Crippen molar-refractivity contribution < 1.29 is 23.8 Å². The van der Waals surface area contributed by atoms with Crippen LogP contribution in [-0.4, -0.2) is 25.7 Å². The average molecular weight is 493 g/mol. The molecule has 4 rings (SSSR count). The van der Waals surface area contributed by atoms with E-state index in [1.165, 1.54) is 0 Å². The lowest BCUT2D eigenvalue weighted by molar-refractivity contribution is -0.138. The summed E-state index contributed by atoms with van der Waals surface area (Å²) >= 11 is 6.20. The fraction of sp³-hybridized carbons (Fsp3) is 0.185. The van der Waals surface area contributed by atoms with Gasteiger partial charge >= 0.3 is 12.0 Å². The van der Waals surface area contributed by atoms with Crippen LogP contribution in [0, 0.1) is 0 Å². The molecule has 0 bridgehead atoms. The lowest BCUT2D eigenvalue weighted by Gasteiger charge is -2.29. The topological polar surface area (TPSA) is 85.9 Å². The first-order valence-corrected chi connectivity index (χ1v) is 11.5. The fourth-order valence-electron chi connectivity index (χ4n) is 3.76. The highest BCUT2D eigenvalue weighted by atomic mass is 35.5. The molecule has 3 aromatic carbocycles. The number of benzene rings is 3. The molecule has 1 heterocycles. The third-order valence-electron chi connectivity index (χ3n) is 5.51. The van der Waals surface area contributed by atoms with Crippen molar-refractivity contribution in [3.8, 4) is 11.5 Å². The molecule has 180 valence electrons. The molecule has 35 heavy (non-hydrogen) atoms. The number of hydrogen-bond donors (Lipinski definition) is 2. The van der Waals surface area contributed by atoms with E-state index >= 15 is 0 Å². The minimum Gasteiger partial charge on any atom is -0.497 e. The lowest BCUT2D eigenvalue weighted by atomic mass is 9.92. The Morgan fingerprint density at radius 1 is 0.971 bits per heavy atom. The van der Waals surface area contributed by atoms with Crippen molar-refractivity contribution in [2.24, 2.45) is 0 Å². The van der Waals surface area contributed by atoms with Gasteiger partial charge in [0.05, 0.1) is 31.0 Å². The van der Waals surface area contributed by atoms with Crippen LogP contribution in [0.15, 0.2) is 78.4 Å². The van der Waals surface area contributed by atoms with E-state index in [9.17, 15) is 9.59 Å². The van der Waals surface area contributed by atoms with E-state index in [4.69, 9.17) is 25.8 Å². The lowest BCUT2D eigenvalue weighted by Crippen LogP contribution is -2.45. The predicted octanol–water partition coefficient (Wildman–Crippen LogP) is 5.26. The maximum atomic E-state index is 13.0. The molecule has 1 atom stereocenters. The van der Waals surface area contributed by atoms with Crippen LogP contribution in [0.4, 0.5) is 4.79 Å². The van der Waals surface area contributed by atoms with Crippen LogP contribution >= 0.6 is 11.6 Å². The maximum Gasteiger partial charge on any atom is 0.338 e. The van der Waals surface area contributed by atoms with Gasteiger partial charge in [0.2, 0.25) is 0 Å². The van der Waals surface area contributed by atoms with Gasteiger partial charge in [-0.15, -0.1) is 0 Å². The van der Waals surface area contributed by atoms with E-state index in [0.29, 0.717) is 45.5 Å². The molecule has 2 N–H and O–H groups in total. The molecule has 0 fully saturated rings. The van der Waals surface area contributed by atoms with Crippen molar-refractivity contribution >= 4 is 29.3 Å². The number of urea groups is 1. The van der Waals surface area contributed by atoms with Crippen molar-refractivity contribution in [1.82, 2.24) is 10.6 Å². The summed E-state index contributed by atoms with van der Waals surface area (Å²) in [4.78, 5) is 25.6. The largest absolute Gasteiger partial charge is 0.497 e. The second-order valence-electron chi connectivity index (χ2n) is 7.72. The molecule has 0 saturated carbocycles. The number of halogens is 1. The van der Waals surface area contributed by atoms with E-state index in [2.05, 4.69) is 10.6 Å². The summed E-state index contributed by atoms with van der Waals surface area (Å²) in [6.45, 7) is 2.26. The van der Waals surface area contributed by atoms with Gasteiger partial charge < -0.3 is 24.8 Å². The van der Waals surface area contributed by atoms with Crippen LogP contribution in [0.2, 0.25) is 5.02 Å². The SMILES string of the molecule is CCOC(=O)C1=C(c2ccc(OC)cc2)NC(=O)NC1c1ccc(OCc2ccccc2Cl)cc1. The number of hydrogen-bond acceptors (Lipinski definition) is 5. The zero-order valence-corrected chi connectivity index (χ0v) is 20.1. The van der Waals surface area contributed by atoms with Crippen LogP contribution in [0.25, 0.3) is 5.70 Å². The summed E-state index contributed by atoms with van der Waals surface area (Å²) in [6, 6.07) is 20.6. The molecule has 8 heteroatoms. The third kappa shape index (κ3) is 5.58. The molecule has 0 spiro atoms. The first kappa shape index (κ1) is 24.2. The summed E-state index contributed by atoms with van der Waals surface area (Å²) in [5, 5.41) is 6.24.